The molecule has 0 bridgehead atoms. The molecule has 2 amide bonds. The molecular formula is C27H31ClN2O4. The molecule has 0 unspecified atom stereocenters. The molecule has 7 heteroatoms. The molecule has 2 aromatic carbocycles. The van der Waals surface area contributed by atoms with E-state index in [2.05, 4.69) is 5.32 Å². The van der Waals surface area contributed by atoms with Crippen LogP contribution in [-0.4, -0.2) is 47.7 Å². The largest absolute Gasteiger partial charge is 0.486 e. The van der Waals surface area contributed by atoms with Crippen molar-refractivity contribution in [1.82, 2.24) is 10.2 Å². The number of likely N-dealkylation sites (tertiary alicyclic amines) is 1. The Kier molecular flexibility index (Phi) is 7.57. The number of hydrogen-bond acceptors (Lipinski definition) is 4. The van der Waals surface area contributed by atoms with Crippen molar-refractivity contribution in [2.24, 2.45) is 0 Å². The molecule has 1 spiro atoms. The van der Waals surface area contributed by atoms with Crippen molar-refractivity contribution in [2.75, 3.05) is 19.6 Å². The summed E-state index contributed by atoms with van der Waals surface area (Å²) in [6.07, 6.45) is 4.65. The van der Waals surface area contributed by atoms with Crippen LogP contribution >= 0.6 is 11.6 Å². The number of halogens is 1. The summed E-state index contributed by atoms with van der Waals surface area (Å²) in [6, 6.07) is 12.7. The van der Waals surface area contributed by atoms with Gasteiger partial charge in [-0.25, -0.2) is 0 Å². The molecule has 0 aromatic heterocycles. The van der Waals surface area contributed by atoms with E-state index < -0.39 is 5.60 Å². The minimum atomic E-state index is -0.531. The van der Waals surface area contributed by atoms with E-state index in [1.165, 1.54) is 0 Å². The first-order chi connectivity index (χ1) is 16.4. The van der Waals surface area contributed by atoms with Crippen LogP contribution in [0.2, 0.25) is 5.02 Å². The number of ether oxygens (including phenoxy) is 1. The molecule has 2 aliphatic rings. The summed E-state index contributed by atoms with van der Waals surface area (Å²) in [7, 11) is 0. The number of hydrogen-bond donors (Lipinski definition) is 1. The Morgan fingerprint density at radius 2 is 1.82 bits per heavy atom. The van der Waals surface area contributed by atoms with Crippen molar-refractivity contribution < 1.29 is 19.1 Å². The number of aryl methyl sites for hydroxylation is 1. The zero-order chi connectivity index (χ0) is 24.1. The molecule has 180 valence electrons. The highest BCUT2D eigenvalue weighted by molar-refractivity contribution is 6.31. The topological polar surface area (TPSA) is 75.7 Å². The Morgan fingerprint density at radius 1 is 1.09 bits per heavy atom. The average Bonchev–Trinajstić information content (AvgIpc) is 2.83. The Labute approximate surface area is 205 Å². The SMILES string of the molecule is Cc1cc(Cl)cc2c1OC1(CCN(C(=O)CCCCCNC(=O)c3ccccc3)CC1)CC2=O. The van der Waals surface area contributed by atoms with Gasteiger partial charge in [0.05, 0.1) is 12.0 Å². The van der Waals surface area contributed by atoms with Gasteiger partial charge in [0.2, 0.25) is 5.91 Å². The fourth-order valence-electron chi connectivity index (χ4n) is 4.79. The third kappa shape index (κ3) is 5.61. The maximum atomic E-state index is 12.8. The summed E-state index contributed by atoms with van der Waals surface area (Å²) < 4.78 is 6.37. The number of unbranched alkanes of at least 4 members (excludes halogenated alkanes) is 2. The Morgan fingerprint density at radius 3 is 2.56 bits per heavy atom. The summed E-state index contributed by atoms with van der Waals surface area (Å²) in [4.78, 5) is 39.4. The fourth-order valence-corrected chi connectivity index (χ4v) is 5.06. The van der Waals surface area contributed by atoms with Gasteiger partial charge in [-0.05, 0) is 49.6 Å². The Bertz CT molecular complexity index is 1060. The fraction of sp³-hybridized carbons (Fsp3) is 0.444. The molecule has 4 rings (SSSR count). The molecule has 0 saturated carbocycles. The van der Waals surface area contributed by atoms with Gasteiger partial charge in [-0.1, -0.05) is 36.2 Å². The number of nitrogens with one attached hydrogen (secondary N) is 1. The van der Waals surface area contributed by atoms with Gasteiger partial charge in [0.1, 0.15) is 11.4 Å². The predicted molar refractivity (Wildman–Crippen MR) is 132 cm³/mol. The number of fused-ring (bicyclic) bond motifs is 1. The van der Waals surface area contributed by atoms with Gasteiger partial charge in [0, 0.05) is 49.5 Å². The summed E-state index contributed by atoms with van der Waals surface area (Å²) >= 11 is 6.12. The number of carbonyl (C=O) groups is 3. The smallest absolute Gasteiger partial charge is 0.251 e. The molecule has 2 aliphatic heterocycles. The van der Waals surface area contributed by atoms with Crippen LogP contribution in [0.1, 0.15) is 71.2 Å². The summed E-state index contributed by atoms with van der Waals surface area (Å²) in [5, 5.41) is 3.46. The van der Waals surface area contributed by atoms with Gasteiger partial charge in [0.25, 0.3) is 5.91 Å². The Balaban J connectivity index is 1.18. The van der Waals surface area contributed by atoms with Gasteiger partial charge in [0.15, 0.2) is 5.78 Å². The quantitative estimate of drug-likeness (QED) is 0.565. The number of ketones is 1. The van der Waals surface area contributed by atoms with Gasteiger partial charge in [-0.3, -0.25) is 14.4 Å². The lowest BCUT2D eigenvalue weighted by molar-refractivity contribution is -0.134. The second-order valence-electron chi connectivity index (χ2n) is 9.30. The standard InChI is InChI=1S/C27H31ClN2O4/c1-19-16-21(28)17-22-23(31)18-27(34-25(19)22)11-14-30(15-12-27)24(32)10-6-3-7-13-29-26(33)20-8-4-2-5-9-20/h2,4-5,8-9,16-17H,3,6-7,10-15,18H2,1H3,(H,29,33). The zero-order valence-corrected chi connectivity index (χ0v) is 20.3. The van der Waals surface area contributed by atoms with Crippen molar-refractivity contribution >= 4 is 29.2 Å². The highest BCUT2D eigenvalue weighted by Gasteiger charge is 2.44. The monoisotopic (exact) mass is 482 g/mol. The first-order valence-electron chi connectivity index (χ1n) is 12.0. The predicted octanol–water partition coefficient (Wildman–Crippen LogP) is 4.97. The second-order valence-corrected chi connectivity index (χ2v) is 9.73. The van der Waals surface area contributed by atoms with Crippen molar-refractivity contribution in [3.05, 3.63) is 64.2 Å². The number of carbonyl (C=O) groups excluding carboxylic acids is 3. The molecule has 34 heavy (non-hydrogen) atoms. The normalized spacial score (nSPS) is 16.6. The number of Topliss-reactive ketones (excluding diaryl/α,β-unsaturated/α-hetero) is 1. The second kappa shape index (κ2) is 10.6. The molecule has 2 heterocycles. The van der Waals surface area contributed by atoms with Crippen LogP contribution in [0, 0.1) is 6.92 Å². The molecule has 0 radical (unpaired) electrons. The maximum absolute atomic E-state index is 12.8. The van der Waals surface area contributed by atoms with Gasteiger partial charge >= 0.3 is 0 Å². The number of benzene rings is 2. The van der Waals surface area contributed by atoms with Crippen molar-refractivity contribution in [1.29, 1.82) is 0 Å². The van der Waals surface area contributed by atoms with Crippen LogP contribution in [-0.2, 0) is 4.79 Å². The van der Waals surface area contributed by atoms with E-state index in [0.717, 1.165) is 24.8 Å². The minimum absolute atomic E-state index is 0.0611. The highest BCUT2D eigenvalue weighted by Crippen LogP contribution is 2.42. The van der Waals surface area contributed by atoms with Crippen LogP contribution in [0.5, 0.6) is 5.75 Å². The van der Waals surface area contributed by atoms with E-state index in [9.17, 15) is 14.4 Å². The van der Waals surface area contributed by atoms with Gasteiger partial charge < -0.3 is 15.0 Å². The van der Waals surface area contributed by atoms with E-state index in [-0.39, 0.29) is 17.6 Å². The number of rotatable bonds is 7. The van der Waals surface area contributed by atoms with Crippen molar-refractivity contribution in [3.63, 3.8) is 0 Å². The van der Waals surface area contributed by atoms with Crippen LogP contribution < -0.4 is 10.1 Å². The van der Waals surface area contributed by atoms with Gasteiger partial charge in [-0.15, -0.1) is 0 Å². The number of amides is 2. The van der Waals surface area contributed by atoms with Gasteiger partial charge in [-0.2, -0.15) is 0 Å². The minimum Gasteiger partial charge on any atom is -0.486 e. The van der Waals surface area contributed by atoms with E-state index in [1.54, 1.807) is 18.2 Å². The molecule has 2 aromatic rings. The molecule has 0 aliphatic carbocycles. The molecule has 0 atom stereocenters. The lowest BCUT2D eigenvalue weighted by Crippen LogP contribution is -2.52. The van der Waals surface area contributed by atoms with Crippen LogP contribution in [0.3, 0.4) is 0 Å². The van der Waals surface area contributed by atoms with Crippen molar-refractivity contribution in [2.45, 2.75) is 57.5 Å². The maximum Gasteiger partial charge on any atom is 0.251 e. The first-order valence-corrected chi connectivity index (χ1v) is 12.4. The van der Waals surface area contributed by atoms with E-state index in [1.807, 2.05) is 36.1 Å². The lowest BCUT2D eigenvalue weighted by Gasteiger charge is -2.44. The summed E-state index contributed by atoms with van der Waals surface area (Å²) in [6.45, 7) is 3.71. The first kappa shape index (κ1) is 24.3. The summed E-state index contributed by atoms with van der Waals surface area (Å²) in [5.74, 6) is 0.780. The van der Waals surface area contributed by atoms with E-state index in [0.29, 0.717) is 67.2 Å². The molecule has 1 saturated heterocycles. The van der Waals surface area contributed by atoms with E-state index >= 15 is 0 Å². The zero-order valence-electron chi connectivity index (χ0n) is 19.6. The summed E-state index contributed by atoms with van der Waals surface area (Å²) in [5.41, 5.74) is 1.56. The Hall–Kier alpha value is -2.86. The highest BCUT2D eigenvalue weighted by atomic mass is 35.5. The third-order valence-electron chi connectivity index (χ3n) is 6.76. The molecule has 1 fully saturated rings. The van der Waals surface area contributed by atoms with Crippen LogP contribution in [0.15, 0.2) is 42.5 Å². The number of piperidine rings is 1. The number of nitrogens with zero attached hydrogens (tertiary/aromatic N) is 1. The van der Waals surface area contributed by atoms with Crippen LogP contribution in [0.25, 0.3) is 0 Å². The average molecular weight is 483 g/mol. The third-order valence-corrected chi connectivity index (χ3v) is 6.98. The lowest BCUT2D eigenvalue weighted by atomic mass is 9.82. The molecular weight excluding hydrogens is 452 g/mol. The van der Waals surface area contributed by atoms with Crippen LogP contribution in [0.4, 0.5) is 0 Å². The molecule has 1 N–H and O–H groups in total. The van der Waals surface area contributed by atoms with Crippen molar-refractivity contribution in [3.8, 4) is 5.75 Å². The molecule has 6 nitrogen and oxygen atoms in total. The van der Waals surface area contributed by atoms with E-state index in [4.69, 9.17) is 16.3 Å².